The Morgan fingerprint density at radius 2 is 1.88 bits per heavy atom. The summed E-state index contributed by atoms with van der Waals surface area (Å²) in [6.07, 6.45) is 2.75. The van der Waals surface area contributed by atoms with Gasteiger partial charge in [0, 0.05) is 63.1 Å². The molecular formula is C25H33FN4O2. The van der Waals surface area contributed by atoms with Crippen molar-refractivity contribution < 1.29 is 13.9 Å². The molecule has 1 aromatic carbocycles. The molecule has 0 N–H and O–H groups in total. The first-order valence-corrected chi connectivity index (χ1v) is 11.4. The molecule has 4 rings (SSSR count). The van der Waals surface area contributed by atoms with Gasteiger partial charge < -0.3 is 14.5 Å². The van der Waals surface area contributed by atoms with Crippen LogP contribution < -0.4 is 4.90 Å². The summed E-state index contributed by atoms with van der Waals surface area (Å²) in [7, 11) is 3.93. The largest absolute Gasteiger partial charge is 0.381 e. The van der Waals surface area contributed by atoms with Crippen LogP contribution in [-0.2, 0) is 20.4 Å². The van der Waals surface area contributed by atoms with E-state index in [4.69, 9.17) is 14.7 Å². The number of nitrogens with zero attached hydrogens (tertiary/aromatic N) is 4. The fraction of sp³-hybridized carbons (Fsp3) is 0.560. The molecule has 2 fully saturated rings. The van der Waals surface area contributed by atoms with Crippen molar-refractivity contribution in [3.63, 3.8) is 0 Å². The molecule has 2 aliphatic rings. The quantitative estimate of drug-likeness (QED) is 0.727. The number of hydrogen-bond donors (Lipinski definition) is 0. The van der Waals surface area contributed by atoms with Crippen molar-refractivity contribution in [2.75, 3.05) is 45.3 Å². The third kappa shape index (κ3) is 4.10. The number of ether oxygens (including phenoxy) is 1. The van der Waals surface area contributed by atoms with E-state index < -0.39 is 5.41 Å². The third-order valence-corrected chi connectivity index (χ3v) is 6.97. The molecule has 3 heterocycles. The number of rotatable bonds is 4. The first-order chi connectivity index (χ1) is 15.2. The zero-order chi connectivity index (χ0) is 22.9. The zero-order valence-electron chi connectivity index (χ0n) is 19.5. The van der Waals surface area contributed by atoms with Gasteiger partial charge in [0.2, 0.25) is 5.91 Å². The second-order valence-corrected chi connectivity index (χ2v) is 9.65. The number of aryl methyl sites for hydroxylation is 1. The van der Waals surface area contributed by atoms with Gasteiger partial charge in [0.05, 0.1) is 5.41 Å². The van der Waals surface area contributed by atoms with Crippen LogP contribution in [0.25, 0.3) is 0 Å². The lowest BCUT2D eigenvalue weighted by Gasteiger charge is -2.45. The number of hydrogen-bond acceptors (Lipinski definition) is 5. The lowest BCUT2D eigenvalue weighted by Crippen LogP contribution is -2.55. The average Bonchev–Trinajstić information content (AvgIpc) is 2.79. The topological polar surface area (TPSA) is 58.6 Å². The molecule has 0 spiro atoms. The van der Waals surface area contributed by atoms with Gasteiger partial charge in [-0.05, 0) is 38.7 Å². The summed E-state index contributed by atoms with van der Waals surface area (Å²) in [4.78, 5) is 27.5. The van der Waals surface area contributed by atoms with Crippen LogP contribution in [0.3, 0.4) is 0 Å². The van der Waals surface area contributed by atoms with Crippen LogP contribution in [0.4, 0.5) is 10.2 Å². The van der Waals surface area contributed by atoms with E-state index in [1.807, 2.05) is 43.0 Å². The summed E-state index contributed by atoms with van der Waals surface area (Å²) >= 11 is 0. The van der Waals surface area contributed by atoms with Crippen LogP contribution in [0.15, 0.2) is 30.3 Å². The standard InChI is InChI=1S/C25H33FN4O2/c1-18-16-21(29(3)4)28-22(27-18)24(2)10-7-13-30(17-24)23(31)25(11-14-32-15-12-25)19-8-5-6-9-20(19)26/h5-6,8-9,16H,7,10-15,17H2,1-4H3. The van der Waals surface area contributed by atoms with Gasteiger partial charge in [0.25, 0.3) is 0 Å². The van der Waals surface area contributed by atoms with Gasteiger partial charge in [-0.2, -0.15) is 0 Å². The molecule has 1 amide bonds. The summed E-state index contributed by atoms with van der Waals surface area (Å²) in [6.45, 7) is 6.22. The number of likely N-dealkylation sites (tertiary alicyclic amines) is 1. The average molecular weight is 441 g/mol. The molecule has 0 aliphatic carbocycles. The van der Waals surface area contributed by atoms with Crippen molar-refractivity contribution in [1.82, 2.24) is 14.9 Å². The third-order valence-electron chi connectivity index (χ3n) is 6.97. The Morgan fingerprint density at radius 1 is 1.16 bits per heavy atom. The lowest BCUT2D eigenvalue weighted by molar-refractivity contribution is -0.143. The van der Waals surface area contributed by atoms with Crippen LogP contribution in [0, 0.1) is 12.7 Å². The molecule has 2 saturated heterocycles. The maximum atomic E-state index is 14.9. The molecule has 172 valence electrons. The van der Waals surface area contributed by atoms with E-state index in [9.17, 15) is 9.18 Å². The predicted octanol–water partition coefficient (Wildman–Crippen LogP) is 3.62. The van der Waals surface area contributed by atoms with Gasteiger partial charge in [-0.3, -0.25) is 4.79 Å². The summed E-state index contributed by atoms with van der Waals surface area (Å²) in [6, 6.07) is 8.66. The Balaban J connectivity index is 1.68. The normalized spacial score (nSPS) is 23.1. The van der Waals surface area contributed by atoms with Crippen molar-refractivity contribution in [3.05, 3.63) is 53.2 Å². The first-order valence-electron chi connectivity index (χ1n) is 11.4. The van der Waals surface area contributed by atoms with E-state index in [1.165, 1.54) is 6.07 Å². The molecule has 6 nitrogen and oxygen atoms in total. The van der Waals surface area contributed by atoms with Crippen LogP contribution in [-0.4, -0.2) is 61.2 Å². The number of benzene rings is 1. The Labute approximate surface area is 189 Å². The summed E-state index contributed by atoms with van der Waals surface area (Å²) in [5.41, 5.74) is 0.161. The number of aromatic nitrogens is 2. The highest BCUT2D eigenvalue weighted by Gasteiger charge is 2.48. The van der Waals surface area contributed by atoms with Crippen molar-refractivity contribution in [2.45, 2.75) is 50.4 Å². The Bertz CT molecular complexity index is 990. The number of halogens is 1. The van der Waals surface area contributed by atoms with Gasteiger partial charge in [-0.1, -0.05) is 25.1 Å². The van der Waals surface area contributed by atoms with Crippen LogP contribution in [0.5, 0.6) is 0 Å². The molecule has 32 heavy (non-hydrogen) atoms. The minimum Gasteiger partial charge on any atom is -0.381 e. The molecule has 2 aromatic rings. The van der Waals surface area contributed by atoms with Gasteiger partial charge >= 0.3 is 0 Å². The van der Waals surface area contributed by atoms with E-state index in [0.717, 1.165) is 30.2 Å². The second-order valence-electron chi connectivity index (χ2n) is 9.65. The Morgan fingerprint density at radius 3 is 2.56 bits per heavy atom. The smallest absolute Gasteiger partial charge is 0.233 e. The van der Waals surface area contributed by atoms with Crippen LogP contribution in [0.2, 0.25) is 0 Å². The molecule has 1 unspecified atom stereocenters. The maximum absolute atomic E-state index is 14.9. The fourth-order valence-electron chi connectivity index (χ4n) is 5.12. The van der Waals surface area contributed by atoms with Crippen LogP contribution >= 0.6 is 0 Å². The summed E-state index contributed by atoms with van der Waals surface area (Å²) in [5, 5.41) is 0. The number of carbonyl (C=O) groups excluding carboxylic acids is 1. The zero-order valence-corrected chi connectivity index (χ0v) is 19.5. The minimum absolute atomic E-state index is 0.00249. The number of carbonyl (C=O) groups is 1. The number of piperidine rings is 1. The van der Waals surface area contributed by atoms with Gasteiger partial charge in [0.15, 0.2) is 0 Å². The fourth-order valence-corrected chi connectivity index (χ4v) is 5.12. The predicted molar refractivity (Wildman–Crippen MR) is 122 cm³/mol. The van der Waals surface area contributed by atoms with Crippen LogP contribution in [0.1, 0.15) is 49.7 Å². The SMILES string of the molecule is Cc1cc(N(C)C)nc(C2(C)CCCN(C(=O)C3(c4ccccc4F)CCOCC3)C2)n1. The molecule has 2 aliphatic heterocycles. The molecule has 0 radical (unpaired) electrons. The van der Waals surface area contributed by atoms with E-state index in [1.54, 1.807) is 12.1 Å². The summed E-state index contributed by atoms with van der Waals surface area (Å²) < 4.78 is 20.5. The molecule has 0 bridgehead atoms. The van der Waals surface area contributed by atoms with E-state index >= 15 is 0 Å². The molecule has 1 aromatic heterocycles. The highest BCUT2D eigenvalue weighted by Crippen LogP contribution is 2.41. The van der Waals surface area contributed by atoms with E-state index in [0.29, 0.717) is 44.7 Å². The molecular weight excluding hydrogens is 407 g/mol. The Kier molecular flexibility index (Phi) is 6.21. The first kappa shape index (κ1) is 22.6. The highest BCUT2D eigenvalue weighted by molar-refractivity contribution is 5.88. The van der Waals surface area contributed by atoms with Gasteiger partial charge in [-0.15, -0.1) is 0 Å². The van der Waals surface area contributed by atoms with Crippen molar-refractivity contribution >= 4 is 11.7 Å². The molecule has 0 saturated carbocycles. The lowest BCUT2D eigenvalue weighted by atomic mass is 9.71. The molecule has 7 heteroatoms. The minimum atomic E-state index is -0.885. The number of amides is 1. The number of anilines is 1. The second kappa shape index (κ2) is 8.77. The van der Waals surface area contributed by atoms with Crippen molar-refractivity contribution in [1.29, 1.82) is 0 Å². The molecule has 1 atom stereocenters. The van der Waals surface area contributed by atoms with Gasteiger partial charge in [0.1, 0.15) is 17.5 Å². The maximum Gasteiger partial charge on any atom is 0.233 e. The van der Waals surface area contributed by atoms with Crippen molar-refractivity contribution in [3.8, 4) is 0 Å². The highest BCUT2D eigenvalue weighted by atomic mass is 19.1. The summed E-state index contributed by atoms with van der Waals surface area (Å²) in [5.74, 6) is 1.31. The van der Waals surface area contributed by atoms with Crippen molar-refractivity contribution in [2.24, 2.45) is 0 Å². The Hall–Kier alpha value is -2.54. The van der Waals surface area contributed by atoms with Gasteiger partial charge in [-0.25, -0.2) is 14.4 Å². The van der Waals surface area contributed by atoms with E-state index in [-0.39, 0.29) is 17.1 Å². The van der Waals surface area contributed by atoms with E-state index in [2.05, 4.69) is 6.92 Å². The monoisotopic (exact) mass is 440 g/mol.